The highest BCUT2D eigenvalue weighted by Gasteiger charge is 2.00. The monoisotopic (exact) mass is 203 g/mol. The van der Waals surface area contributed by atoms with Gasteiger partial charge in [-0.05, 0) is 43.7 Å². The standard InChI is InChI=1S/C11H25NS/c1-5-7-12-11(4)6-8-13-9-10(2)3/h10-12H,5-9H2,1-4H3. The lowest BCUT2D eigenvalue weighted by Gasteiger charge is -2.12. The maximum Gasteiger partial charge on any atom is 0.00465 e. The minimum Gasteiger partial charge on any atom is -0.314 e. The normalized spacial score (nSPS) is 13.6. The van der Waals surface area contributed by atoms with Crippen LogP contribution in [0, 0.1) is 5.92 Å². The molecule has 0 aromatic rings. The molecule has 0 bridgehead atoms. The van der Waals surface area contributed by atoms with Crippen LogP contribution >= 0.6 is 11.8 Å². The summed E-state index contributed by atoms with van der Waals surface area (Å²) < 4.78 is 0. The Labute approximate surface area is 88.1 Å². The zero-order valence-electron chi connectivity index (χ0n) is 9.60. The molecule has 1 atom stereocenters. The van der Waals surface area contributed by atoms with Crippen LogP contribution in [0.4, 0.5) is 0 Å². The molecule has 0 aromatic heterocycles. The minimum atomic E-state index is 0.694. The first-order valence-electron chi connectivity index (χ1n) is 5.48. The van der Waals surface area contributed by atoms with Gasteiger partial charge in [-0.1, -0.05) is 20.8 Å². The van der Waals surface area contributed by atoms with E-state index in [0.717, 1.165) is 12.5 Å². The Balaban J connectivity index is 3.12. The number of hydrogen-bond donors (Lipinski definition) is 1. The van der Waals surface area contributed by atoms with Crippen molar-refractivity contribution in [2.75, 3.05) is 18.1 Å². The largest absolute Gasteiger partial charge is 0.314 e. The van der Waals surface area contributed by atoms with E-state index in [-0.39, 0.29) is 0 Å². The lowest BCUT2D eigenvalue weighted by molar-refractivity contribution is 0.536. The summed E-state index contributed by atoms with van der Waals surface area (Å²) in [4.78, 5) is 0. The van der Waals surface area contributed by atoms with E-state index in [2.05, 4.69) is 44.8 Å². The molecule has 0 amide bonds. The van der Waals surface area contributed by atoms with Crippen molar-refractivity contribution in [2.24, 2.45) is 5.92 Å². The van der Waals surface area contributed by atoms with Gasteiger partial charge >= 0.3 is 0 Å². The third-order valence-electron chi connectivity index (χ3n) is 1.89. The Hall–Kier alpha value is 0.310. The van der Waals surface area contributed by atoms with E-state index in [1.54, 1.807) is 0 Å². The summed E-state index contributed by atoms with van der Waals surface area (Å²) in [6.45, 7) is 10.2. The fourth-order valence-electron chi connectivity index (χ4n) is 1.07. The molecule has 0 rings (SSSR count). The highest BCUT2D eigenvalue weighted by molar-refractivity contribution is 7.99. The van der Waals surface area contributed by atoms with Crippen LogP contribution in [0.5, 0.6) is 0 Å². The number of thioether (sulfide) groups is 1. The van der Waals surface area contributed by atoms with Crippen molar-refractivity contribution in [2.45, 2.75) is 46.6 Å². The molecule has 0 fully saturated rings. The molecule has 13 heavy (non-hydrogen) atoms. The molecule has 0 spiro atoms. The number of hydrogen-bond acceptors (Lipinski definition) is 2. The topological polar surface area (TPSA) is 12.0 Å². The summed E-state index contributed by atoms with van der Waals surface area (Å²) in [5.74, 6) is 3.44. The molecular formula is C11H25NS. The van der Waals surface area contributed by atoms with Gasteiger partial charge in [0.15, 0.2) is 0 Å². The van der Waals surface area contributed by atoms with Crippen molar-refractivity contribution in [3.63, 3.8) is 0 Å². The van der Waals surface area contributed by atoms with E-state index >= 15 is 0 Å². The molecule has 1 N–H and O–H groups in total. The summed E-state index contributed by atoms with van der Waals surface area (Å²) in [6.07, 6.45) is 2.54. The lowest BCUT2D eigenvalue weighted by atomic mass is 10.2. The van der Waals surface area contributed by atoms with Crippen molar-refractivity contribution in [1.82, 2.24) is 5.32 Å². The molecule has 0 aliphatic carbocycles. The van der Waals surface area contributed by atoms with Crippen LogP contribution in [-0.2, 0) is 0 Å². The van der Waals surface area contributed by atoms with Crippen molar-refractivity contribution >= 4 is 11.8 Å². The molecule has 1 nitrogen and oxygen atoms in total. The maximum absolute atomic E-state index is 3.51. The average molecular weight is 203 g/mol. The fourth-order valence-corrected chi connectivity index (χ4v) is 2.23. The van der Waals surface area contributed by atoms with E-state index in [4.69, 9.17) is 0 Å². The molecule has 1 unspecified atom stereocenters. The first-order valence-corrected chi connectivity index (χ1v) is 6.63. The molecule has 0 aromatic carbocycles. The van der Waals surface area contributed by atoms with Gasteiger partial charge in [-0.3, -0.25) is 0 Å². The van der Waals surface area contributed by atoms with Gasteiger partial charge in [0, 0.05) is 6.04 Å². The van der Waals surface area contributed by atoms with Gasteiger partial charge in [0.25, 0.3) is 0 Å². The highest BCUT2D eigenvalue weighted by atomic mass is 32.2. The van der Waals surface area contributed by atoms with Crippen LogP contribution in [0.25, 0.3) is 0 Å². The van der Waals surface area contributed by atoms with Crippen molar-refractivity contribution in [1.29, 1.82) is 0 Å². The van der Waals surface area contributed by atoms with E-state index in [1.165, 1.54) is 24.3 Å². The first-order chi connectivity index (χ1) is 6.16. The van der Waals surface area contributed by atoms with Crippen LogP contribution < -0.4 is 5.32 Å². The maximum atomic E-state index is 3.51. The van der Waals surface area contributed by atoms with E-state index < -0.39 is 0 Å². The average Bonchev–Trinajstić information content (AvgIpc) is 2.08. The Morgan fingerprint density at radius 2 is 1.92 bits per heavy atom. The second-order valence-corrected chi connectivity index (χ2v) is 5.26. The Morgan fingerprint density at radius 3 is 2.46 bits per heavy atom. The zero-order chi connectivity index (χ0) is 10.1. The van der Waals surface area contributed by atoms with Gasteiger partial charge < -0.3 is 5.32 Å². The molecule has 0 aliphatic heterocycles. The van der Waals surface area contributed by atoms with Gasteiger partial charge in [0.2, 0.25) is 0 Å². The molecular weight excluding hydrogens is 178 g/mol. The molecule has 0 radical (unpaired) electrons. The summed E-state index contributed by atoms with van der Waals surface area (Å²) in [6, 6.07) is 0.694. The molecule has 0 saturated carbocycles. The Morgan fingerprint density at radius 1 is 1.23 bits per heavy atom. The van der Waals surface area contributed by atoms with Crippen LogP contribution in [0.1, 0.15) is 40.5 Å². The van der Waals surface area contributed by atoms with Crippen LogP contribution in [-0.4, -0.2) is 24.1 Å². The fraction of sp³-hybridized carbons (Fsp3) is 1.00. The van der Waals surface area contributed by atoms with Crippen LogP contribution in [0.2, 0.25) is 0 Å². The summed E-state index contributed by atoms with van der Waals surface area (Å²) in [5, 5.41) is 3.51. The summed E-state index contributed by atoms with van der Waals surface area (Å²) >= 11 is 2.08. The number of nitrogens with one attached hydrogen (secondary N) is 1. The van der Waals surface area contributed by atoms with Gasteiger partial charge in [0.1, 0.15) is 0 Å². The number of rotatable bonds is 8. The minimum absolute atomic E-state index is 0.694. The predicted molar refractivity (Wildman–Crippen MR) is 64.5 cm³/mol. The van der Waals surface area contributed by atoms with Crippen molar-refractivity contribution in [3.8, 4) is 0 Å². The van der Waals surface area contributed by atoms with E-state index in [1.807, 2.05) is 0 Å². The molecule has 0 heterocycles. The SMILES string of the molecule is CCCNC(C)CCSCC(C)C. The Kier molecular flexibility index (Phi) is 9.10. The molecule has 0 saturated heterocycles. The first kappa shape index (κ1) is 13.3. The summed E-state index contributed by atoms with van der Waals surface area (Å²) in [7, 11) is 0. The highest BCUT2D eigenvalue weighted by Crippen LogP contribution is 2.09. The molecule has 2 heteroatoms. The lowest BCUT2D eigenvalue weighted by Crippen LogP contribution is -2.27. The van der Waals surface area contributed by atoms with E-state index in [9.17, 15) is 0 Å². The summed E-state index contributed by atoms with van der Waals surface area (Å²) in [5.41, 5.74) is 0. The second-order valence-electron chi connectivity index (χ2n) is 4.11. The van der Waals surface area contributed by atoms with Crippen molar-refractivity contribution in [3.05, 3.63) is 0 Å². The quantitative estimate of drug-likeness (QED) is 0.608. The van der Waals surface area contributed by atoms with Gasteiger partial charge in [-0.15, -0.1) is 0 Å². The Bertz CT molecular complexity index is 104. The smallest absolute Gasteiger partial charge is 0.00465 e. The van der Waals surface area contributed by atoms with Crippen LogP contribution in [0.15, 0.2) is 0 Å². The van der Waals surface area contributed by atoms with Crippen LogP contribution in [0.3, 0.4) is 0 Å². The van der Waals surface area contributed by atoms with Gasteiger partial charge in [-0.25, -0.2) is 0 Å². The van der Waals surface area contributed by atoms with Gasteiger partial charge in [-0.2, -0.15) is 11.8 Å². The third-order valence-corrected chi connectivity index (χ3v) is 3.32. The second kappa shape index (κ2) is 8.89. The van der Waals surface area contributed by atoms with Crippen molar-refractivity contribution < 1.29 is 0 Å². The van der Waals surface area contributed by atoms with E-state index in [0.29, 0.717) is 6.04 Å². The molecule has 80 valence electrons. The van der Waals surface area contributed by atoms with Gasteiger partial charge in [0.05, 0.1) is 0 Å². The zero-order valence-corrected chi connectivity index (χ0v) is 10.4. The molecule has 0 aliphatic rings. The predicted octanol–water partition coefficient (Wildman–Crippen LogP) is 3.15. The third kappa shape index (κ3) is 10.2.